The molecule has 7 amide bonds. The third-order valence-electron chi connectivity index (χ3n) is 17.7. The zero-order chi connectivity index (χ0) is 72.7. The van der Waals surface area contributed by atoms with Crippen LogP contribution in [-0.2, 0) is 52.6 Å². The molecule has 100 heavy (non-hydrogen) atoms. The molecule has 0 radical (unpaired) electrons. The number of hydrogen-bond acceptors (Lipinski definition) is 25. The van der Waals surface area contributed by atoms with Crippen LogP contribution in [0.5, 0.6) is 46.0 Å². The molecule has 0 aliphatic carbocycles. The number of carbonyl (C=O) groups excluding carboxylic acids is 7. The van der Waals surface area contributed by atoms with Gasteiger partial charge in [0.05, 0.1) is 36.3 Å². The fourth-order valence-electron chi connectivity index (χ4n) is 12.4. The number of halogens is 1. The van der Waals surface area contributed by atoms with Gasteiger partial charge in [0.25, 0.3) is 0 Å². The smallest absolute Gasteiger partial charge is 0.330 e. The standard InChI is InChI=1S/C66H76ClN9O24/c1-24(2)14-35(70-5)58(87)75-49-51(82)26-6-10-31(11-7-26)96-40-17-29-18-41(56(40)100-65-54(85)53(84)52(83)42(23-77)98-65)97-39-13-9-28(16-34(39)67)55(99-44-22-66(4,69)57(86)25(3)95-44)50-63(92)74-48(64(93)94)33-19-30(78)20-38(80)45(33)32-15-27(8-12-37(32)79)46(60(89)76-50)73-61(90)47(29)72-59(88)36(21-43(68)81)71-62(49)91/h6-13,15-20,24-25,35-36,42,44,46-55,57,65,70,77-80,82-86H,14,21-23,69H2,1-5H3,(H2,68,81)(H,71,91)(H,72,88)(H,73,90)(H,74,92)(H,75,87)(H,76,89)(H,93,94)/t25-,35+,36-,42+,44-,46+,47+,48-,49+,50-,51+,52+,53-,54+,55+,57-,65-,66-/m0/s1. The topological polar surface area (TPSA) is 530 Å². The lowest BCUT2D eigenvalue weighted by molar-refractivity contribution is -0.277. The molecule has 0 unspecified atom stereocenters. The summed E-state index contributed by atoms with van der Waals surface area (Å²) in [5.74, 6) is -15.4. The molecule has 2 fully saturated rings. The van der Waals surface area contributed by atoms with E-state index in [4.69, 9.17) is 51.5 Å². The number of carbonyl (C=O) groups is 8. The van der Waals surface area contributed by atoms with Crippen LogP contribution in [0.2, 0.25) is 5.02 Å². The van der Waals surface area contributed by atoms with Crippen LogP contribution in [0.1, 0.15) is 105 Å². The molecule has 11 bridgehead atoms. The number of phenolic OH excluding ortho intramolecular Hbond substituents is 3. The lowest BCUT2D eigenvalue weighted by atomic mass is 9.86. The monoisotopic (exact) mass is 1410 g/mol. The molecule has 2 saturated heterocycles. The number of ether oxygens (including phenoxy) is 6. The maximum Gasteiger partial charge on any atom is 0.330 e. The molecule has 18 atom stereocenters. The van der Waals surface area contributed by atoms with Gasteiger partial charge in [-0.2, -0.15) is 0 Å². The summed E-state index contributed by atoms with van der Waals surface area (Å²) in [5.41, 5.74) is 8.37. The van der Waals surface area contributed by atoms with Crippen molar-refractivity contribution in [1.82, 2.24) is 37.2 Å². The van der Waals surface area contributed by atoms with Crippen LogP contribution in [-0.4, -0.2) is 191 Å². The average Bonchev–Trinajstić information content (AvgIpc) is 0.768. The normalized spacial score (nSPS) is 29.6. The average molecular weight is 1410 g/mol. The van der Waals surface area contributed by atoms with E-state index in [2.05, 4.69) is 37.2 Å². The predicted molar refractivity (Wildman–Crippen MR) is 344 cm³/mol. The molecule has 536 valence electrons. The minimum Gasteiger partial charge on any atom is -0.508 e. The van der Waals surface area contributed by atoms with Gasteiger partial charge < -0.3 is 128 Å². The first-order valence-corrected chi connectivity index (χ1v) is 31.9. The number of fused-ring (bicyclic) bond motifs is 15. The van der Waals surface area contributed by atoms with Crippen molar-refractivity contribution < 1.29 is 118 Å². The van der Waals surface area contributed by atoms with Gasteiger partial charge in [-0.15, -0.1) is 0 Å². The Balaban J connectivity index is 1.25. The number of rotatable bonds is 13. The summed E-state index contributed by atoms with van der Waals surface area (Å²) >= 11 is 7.21. The zero-order valence-electron chi connectivity index (χ0n) is 54.0. The highest BCUT2D eigenvalue weighted by atomic mass is 35.5. The molecular formula is C66H76ClN9O24. The van der Waals surface area contributed by atoms with E-state index < -0.39 is 231 Å². The van der Waals surface area contributed by atoms with Crippen LogP contribution >= 0.6 is 11.6 Å². The minimum atomic E-state index is -2.31. The molecule has 21 N–H and O–H groups in total. The highest BCUT2D eigenvalue weighted by Gasteiger charge is 2.49. The summed E-state index contributed by atoms with van der Waals surface area (Å²) in [6, 6.07) is 1.55. The molecular weight excluding hydrogens is 1340 g/mol. The van der Waals surface area contributed by atoms with Crippen LogP contribution in [0.4, 0.5) is 0 Å². The first kappa shape index (κ1) is 73.2. The summed E-state index contributed by atoms with van der Waals surface area (Å²) in [6.07, 6.45) is -18.7. The Labute approximate surface area is 574 Å². The molecule has 12 rings (SSSR count). The van der Waals surface area contributed by atoms with Gasteiger partial charge >= 0.3 is 5.97 Å². The Morgan fingerprint density at radius 2 is 1.38 bits per heavy atom. The van der Waals surface area contributed by atoms with Gasteiger partial charge in [0, 0.05) is 34.7 Å². The number of benzene rings is 5. The summed E-state index contributed by atoms with van der Waals surface area (Å²) in [7, 11) is 1.49. The lowest BCUT2D eigenvalue weighted by Crippen LogP contribution is -2.61. The Hall–Kier alpha value is -9.49. The van der Waals surface area contributed by atoms with Crippen molar-refractivity contribution in [2.24, 2.45) is 17.4 Å². The zero-order valence-corrected chi connectivity index (χ0v) is 54.8. The van der Waals surface area contributed by atoms with Crippen molar-refractivity contribution in [2.45, 2.75) is 156 Å². The quantitative estimate of drug-likeness (QED) is 0.0703. The van der Waals surface area contributed by atoms with Gasteiger partial charge in [-0.25, -0.2) is 4.79 Å². The number of aliphatic carboxylic acids is 1. The number of aromatic hydroxyl groups is 3. The fraction of sp³-hybridized carbons (Fsp3) is 0.424. The number of nitrogens with two attached hydrogens (primary N) is 2. The van der Waals surface area contributed by atoms with Crippen molar-refractivity contribution in [3.05, 3.63) is 118 Å². The number of likely N-dealkylation sites (N-methyl/N-ethyl adjacent to an activating group) is 1. The Bertz CT molecular complexity index is 3990. The predicted octanol–water partition coefficient (Wildman–Crippen LogP) is -0.547. The summed E-state index contributed by atoms with van der Waals surface area (Å²) in [6.45, 7) is 5.66. The van der Waals surface area contributed by atoms with Crippen LogP contribution in [0.15, 0.2) is 84.9 Å². The molecule has 5 aromatic carbocycles. The molecule has 7 heterocycles. The Morgan fingerprint density at radius 3 is 2.02 bits per heavy atom. The van der Waals surface area contributed by atoms with E-state index >= 15 is 19.2 Å². The van der Waals surface area contributed by atoms with Gasteiger partial charge in [0.15, 0.2) is 23.8 Å². The van der Waals surface area contributed by atoms with E-state index in [0.717, 1.165) is 42.5 Å². The largest absolute Gasteiger partial charge is 0.508 e. The van der Waals surface area contributed by atoms with E-state index in [1.165, 1.54) is 63.4 Å². The summed E-state index contributed by atoms with van der Waals surface area (Å²) < 4.78 is 38.0. The number of primary amides is 1. The van der Waals surface area contributed by atoms with Gasteiger partial charge in [-0.05, 0) is 110 Å². The maximum atomic E-state index is 16.1. The van der Waals surface area contributed by atoms with Gasteiger partial charge in [-0.3, -0.25) is 33.6 Å². The van der Waals surface area contributed by atoms with Crippen molar-refractivity contribution in [3.63, 3.8) is 0 Å². The van der Waals surface area contributed by atoms with E-state index in [-0.39, 0.29) is 46.9 Å². The molecule has 34 heteroatoms. The van der Waals surface area contributed by atoms with Gasteiger partial charge in [0.2, 0.25) is 53.4 Å². The number of carboxylic acid groups (broad SMARTS) is 1. The summed E-state index contributed by atoms with van der Waals surface area (Å²) in [4.78, 5) is 118. The second-order valence-electron chi connectivity index (χ2n) is 25.6. The van der Waals surface area contributed by atoms with Crippen molar-refractivity contribution in [2.75, 3.05) is 13.7 Å². The number of carboxylic acids is 1. The van der Waals surface area contributed by atoms with E-state index in [0.29, 0.717) is 0 Å². The third kappa shape index (κ3) is 15.4. The lowest BCUT2D eigenvalue weighted by Gasteiger charge is -2.44. The number of phenols is 3. The first-order valence-electron chi connectivity index (χ1n) is 31.5. The Morgan fingerprint density at radius 1 is 0.730 bits per heavy atom. The van der Waals surface area contributed by atoms with E-state index in [9.17, 15) is 70.2 Å². The van der Waals surface area contributed by atoms with E-state index in [1.807, 2.05) is 13.8 Å². The second-order valence-corrected chi connectivity index (χ2v) is 26.0. The van der Waals surface area contributed by atoms with Crippen LogP contribution in [0.3, 0.4) is 0 Å². The van der Waals surface area contributed by atoms with Gasteiger partial charge in [-0.1, -0.05) is 49.7 Å². The number of hydrogen-bond donors (Lipinski definition) is 19. The van der Waals surface area contributed by atoms with Crippen molar-refractivity contribution in [1.29, 1.82) is 0 Å². The molecule has 7 aliphatic rings. The molecule has 0 saturated carbocycles. The van der Waals surface area contributed by atoms with Gasteiger partial charge in [0.1, 0.15) is 95.6 Å². The van der Waals surface area contributed by atoms with E-state index in [1.54, 1.807) is 0 Å². The number of aliphatic hydroxyl groups excluding tert-OH is 6. The molecule has 5 aromatic rings. The molecule has 7 aliphatic heterocycles. The van der Waals surface area contributed by atoms with Crippen LogP contribution in [0, 0.1) is 5.92 Å². The highest BCUT2D eigenvalue weighted by molar-refractivity contribution is 6.32. The van der Waals surface area contributed by atoms with Crippen molar-refractivity contribution >= 4 is 58.9 Å². The SMILES string of the molecule is CN[C@H](CC(C)C)C(=O)N[C@H]1C(=O)N[C@@H](CC(N)=O)C(=O)N[C@H]2C(=O)N[C@H]3C(=O)N[C@H](C(=O)N[C@H](C(=O)O)c4cc(O)cc(O)c4-c4cc3ccc4O)[C@H](O[C@H]3C[C@](C)(N)[C@@H](O)[C@H](C)O3)c3ccc(c(Cl)c3)Oc3cc2cc(c3O[C@@H]2O[C@H](CO)[C@@H](O)[C@H](O)[C@H]2O)Oc2ccc(cc2)[C@H]1O. The third-order valence-corrected chi connectivity index (χ3v) is 18.0. The van der Waals surface area contributed by atoms with Crippen LogP contribution in [0.25, 0.3) is 11.1 Å². The highest BCUT2D eigenvalue weighted by Crippen LogP contribution is 2.49. The van der Waals surface area contributed by atoms with Crippen molar-refractivity contribution in [3.8, 4) is 57.1 Å². The number of nitrogens with one attached hydrogen (secondary N) is 7. The van der Waals surface area contributed by atoms with Crippen LogP contribution < -0.4 is 62.9 Å². The molecule has 0 aromatic heterocycles. The minimum absolute atomic E-state index is 0.0439. The summed E-state index contributed by atoms with van der Waals surface area (Å²) in [5, 5.41) is 129. The fourth-order valence-corrected chi connectivity index (χ4v) is 12.7. The number of aliphatic hydroxyl groups is 6. The molecule has 33 nitrogen and oxygen atoms in total. The first-order chi connectivity index (χ1) is 47.2. The molecule has 0 spiro atoms. The maximum absolute atomic E-state index is 16.1. The second kappa shape index (κ2) is 29.8. The Kier molecular flexibility index (Phi) is 21.8. The number of amides is 7.